The maximum atomic E-state index is 12.6. The van der Waals surface area contributed by atoms with Gasteiger partial charge in [0.15, 0.2) is 0 Å². The minimum atomic E-state index is -0.802. The van der Waals surface area contributed by atoms with E-state index in [9.17, 15) is 14.4 Å². The molecule has 7 heteroatoms. The van der Waals surface area contributed by atoms with Crippen LogP contribution >= 0.6 is 11.6 Å². The van der Waals surface area contributed by atoms with Gasteiger partial charge in [-0.1, -0.05) is 29.8 Å². The van der Waals surface area contributed by atoms with E-state index in [1.807, 2.05) is 24.3 Å². The van der Waals surface area contributed by atoms with Crippen molar-refractivity contribution in [1.82, 2.24) is 9.80 Å². The number of amides is 2. The van der Waals surface area contributed by atoms with Crippen LogP contribution in [0.1, 0.15) is 30.7 Å². The van der Waals surface area contributed by atoms with Crippen LogP contribution in [0.3, 0.4) is 0 Å². The van der Waals surface area contributed by atoms with E-state index < -0.39 is 5.97 Å². The zero-order valence-corrected chi connectivity index (χ0v) is 15.5. The number of carboxylic acids is 1. The Morgan fingerprint density at radius 1 is 1.23 bits per heavy atom. The molecule has 2 amide bonds. The number of likely N-dealkylation sites (N-methyl/N-ethyl adjacent to an activating group) is 1. The summed E-state index contributed by atoms with van der Waals surface area (Å²) in [5.74, 6) is -1.33. The van der Waals surface area contributed by atoms with E-state index in [1.54, 1.807) is 11.9 Å². The number of carbonyl (C=O) groups excluding carboxylic acids is 2. The molecule has 140 valence electrons. The highest BCUT2D eigenvalue weighted by Crippen LogP contribution is 2.50. The second kappa shape index (κ2) is 7.66. The van der Waals surface area contributed by atoms with Crippen molar-refractivity contribution < 1.29 is 19.5 Å². The number of carboxylic acid groups (broad SMARTS) is 1. The molecule has 1 aliphatic carbocycles. The Hall–Kier alpha value is -2.08. The molecule has 1 saturated heterocycles. The summed E-state index contributed by atoms with van der Waals surface area (Å²) in [6.45, 7) is 0.898. The lowest BCUT2D eigenvalue weighted by atomic mass is 9.97. The number of halogens is 1. The third kappa shape index (κ3) is 4.01. The Labute approximate surface area is 157 Å². The predicted molar refractivity (Wildman–Crippen MR) is 96.9 cm³/mol. The van der Waals surface area contributed by atoms with E-state index >= 15 is 0 Å². The van der Waals surface area contributed by atoms with Gasteiger partial charge in [-0.05, 0) is 36.8 Å². The Morgan fingerprint density at radius 2 is 1.88 bits per heavy atom. The molecule has 0 spiro atoms. The summed E-state index contributed by atoms with van der Waals surface area (Å²) in [6, 6.07) is 7.54. The highest BCUT2D eigenvalue weighted by Gasteiger charge is 2.46. The van der Waals surface area contributed by atoms with Crippen LogP contribution in [0.5, 0.6) is 0 Å². The normalized spacial score (nSPS) is 22.8. The van der Waals surface area contributed by atoms with Crippen LogP contribution in [-0.4, -0.2) is 59.4 Å². The van der Waals surface area contributed by atoms with E-state index in [2.05, 4.69) is 0 Å². The first-order valence-electron chi connectivity index (χ1n) is 8.88. The lowest BCUT2D eigenvalue weighted by Crippen LogP contribution is -2.45. The topological polar surface area (TPSA) is 77.9 Å². The summed E-state index contributed by atoms with van der Waals surface area (Å²) in [5, 5.41) is 9.70. The first-order valence-corrected chi connectivity index (χ1v) is 9.26. The Balaban J connectivity index is 1.50. The molecule has 3 rings (SSSR count). The van der Waals surface area contributed by atoms with Gasteiger partial charge in [-0.2, -0.15) is 0 Å². The van der Waals surface area contributed by atoms with Crippen molar-refractivity contribution in [3.8, 4) is 0 Å². The zero-order valence-electron chi connectivity index (χ0n) is 14.7. The molecule has 2 fully saturated rings. The summed E-state index contributed by atoms with van der Waals surface area (Å²) >= 11 is 6.20. The second-order valence-corrected chi connectivity index (χ2v) is 7.56. The standard InChI is InChI=1S/C19H23ClN2O4/c1-21(11-17(23)22-8-6-12(7-9-22)19(25)26)18(24)15-10-14(15)13-4-2-3-5-16(13)20/h2-5,12,14-15H,6-11H2,1H3,(H,25,26)/t14-,15-/m1/s1. The molecule has 1 saturated carbocycles. The molecular formula is C19H23ClN2O4. The van der Waals surface area contributed by atoms with Gasteiger partial charge in [0.2, 0.25) is 11.8 Å². The van der Waals surface area contributed by atoms with Crippen LogP contribution in [0.25, 0.3) is 0 Å². The van der Waals surface area contributed by atoms with Crippen molar-refractivity contribution in [3.63, 3.8) is 0 Å². The van der Waals surface area contributed by atoms with E-state index in [0.29, 0.717) is 31.0 Å². The SMILES string of the molecule is CN(CC(=O)N1CCC(C(=O)O)CC1)C(=O)[C@@H]1C[C@@H]1c1ccccc1Cl. The maximum absolute atomic E-state index is 12.6. The van der Waals surface area contributed by atoms with Gasteiger partial charge in [0.25, 0.3) is 0 Å². The summed E-state index contributed by atoms with van der Waals surface area (Å²) in [7, 11) is 1.65. The number of hydrogen-bond donors (Lipinski definition) is 1. The van der Waals surface area contributed by atoms with Gasteiger partial charge < -0.3 is 14.9 Å². The van der Waals surface area contributed by atoms with Crippen molar-refractivity contribution >= 4 is 29.4 Å². The fourth-order valence-corrected chi connectivity index (χ4v) is 3.90. The maximum Gasteiger partial charge on any atom is 0.306 e. The molecule has 1 aliphatic heterocycles. The van der Waals surface area contributed by atoms with Gasteiger partial charge in [-0.25, -0.2) is 0 Å². The molecular weight excluding hydrogens is 356 g/mol. The molecule has 6 nitrogen and oxygen atoms in total. The van der Waals surface area contributed by atoms with Gasteiger partial charge in [0, 0.05) is 31.1 Å². The van der Waals surface area contributed by atoms with Gasteiger partial charge in [0.1, 0.15) is 0 Å². The lowest BCUT2D eigenvalue weighted by molar-refractivity contribution is -0.146. The van der Waals surface area contributed by atoms with Crippen LogP contribution in [-0.2, 0) is 14.4 Å². The van der Waals surface area contributed by atoms with Crippen LogP contribution in [0.15, 0.2) is 24.3 Å². The second-order valence-electron chi connectivity index (χ2n) is 7.16. The Bertz CT molecular complexity index is 715. The molecule has 1 heterocycles. The van der Waals surface area contributed by atoms with Gasteiger partial charge >= 0.3 is 5.97 Å². The first kappa shape index (κ1) is 18.7. The molecule has 0 unspecified atom stereocenters. The Morgan fingerprint density at radius 3 is 2.50 bits per heavy atom. The molecule has 1 aromatic rings. The summed E-state index contributed by atoms with van der Waals surface area (Å²) in [5.41, 5.74) is 0.989. The van der Waals surface area contributed by atoms with Crippen molar-refractivity contribution in [3.05, 3.63) is 34.9 Å². The number of rotatable bonds is 5. The highest BCUT2D eigenvalue weighted by atomic mass is 35.5. The number of nitrogens with zero attached hydrogens (tertiary/aromatic N) is 2. The molecule has 0 bridgehead atoms. The number of hydrogen-bond acceptors (Lipinski definition) is 3. The van der Waals surface area contributed by atoms with E-state index in [0.717, 1.165) is 12.0 Å². The highest BCUT2D eigenvalue weighted by molar-refractivity contribution is 6.31. The summed E-state index contributed by atoms with van der Waals surface area (Å²) < 4.78 is 0. The summed E-state index contributed by atoms with van der Waals surface area (Å²) in [4.78, 5) is 39.1. The molecule has 1 N–H and O–H groups in total. The minimum absolute atomic E-state index is 0.0301. The van der Waals surface area contributed by atoms with Gasteiger partial charge in [0.05, 0.1) is 12.5 Å². The number of likely N-dealkylation sites (tertiary alicyclic amines) is 1. The first-order chi connectivity index (χ1) is 12.4. The van der Waals surface area contributed by atoms with E-state index in [1.165, 1.54) is 4.90 Å². The molecule has 2 aliphatic rings. The lowest BCUT2D eigenvalue weighted by Gasteiger charge is -2.31. The average Bonchev–Trinajstić information content (AvgIpc) is 3.41. The third-order valence-electron chi connectivity index (χ3n) is 5.36. The van der Waals surface area contributed by atoms with Crippen LogP contribution in [0.2, 0.25) is 5.02 Å². The van der Waals surface area contributed by atoms with Crippen molar-refractivity contribution in [1.29, 1.82) is 0 Å². The van der Waals surface area contributed by atoms with Crippen LogP contribution in [0.4, 0.5) is 0 Å². The molecule has 2 atom stereocenters. The van der Waals surface area contributed by atoms with E-state index in [4.69, 9.17) is 16.7 Å². The smallest absolute Gasteiger partial charge is 0.306 e. The minimum Gasteiger partial charge on any atom is -0.481 e. The monoisotopic (exact) mass is 378 g/mol. The largest absolute Gasteiger partial charge is 0.481 e. The number of piperidine rings is 1. The Kier molecular flexibility index (Phi) is 5.51. The molecule has 1 aromatic carbocycles. The fourth-order valence-electron chi connectivity index (χ4n) is 3.63. The predicted octanol–water partition coefficient (Wildman–Crippen LogP) is 2.23. The number of carbonyl (C=O) groups is 3. The molecule has 0 radical (unpaired) electrons. The quantitative estimate of drug-likeness (QED) is 0.852. The average molecular weight is 379 g/mol. The van der Waals surface area contributed by atoms with Gasteiger partial charge in [-0.3, -0.25) is 14.4 Å². The van der Waals surface area contributed by atoms with Crippen LogP contribution in [0, 0.1) is 11.8 Å². The van der Waals surface area contributed by atoms with Crippen molar-refractivity contribution in [2.75, 3.05) is 26.7 Å². The number of benzene rings is 1. The van der Waals surface area contributed by atoms with Crippen molar-refractivity contribution in [2.45, 2.75) is 25.2 Å². The van der Waals surface area contributed by atoms with E-state index in [-0.39, 0.29) is 36.1 Å². The van der Waals surface area contributed by atoms with Crippen molar-refractivity contribution in [2.24, 2.45) is 11.8 Å². The number of aliphatic carboxylic acids is 1. The molecule has 0 aromatic heterocycles. The fraction of sp³-hybridized carbons (Fsp3) is 0.526. The third-order valence-corrected chi connectivity index (χ3v) is 5.70. The molecule has 26 heavy (non-hydrogen) atoms. The summed E-state index contributed by atoms with van der Waals surface area (Å²) in [6.07, 6.45) is 1.69. The van der Waals surface area contributed by atoms with Crippen LogP contribution < -0.4 is 0 Å². The zero-order chi connectivity index (χ0) is 18.8. The van der Waals surface area contributed by atoms with Gasteiger partial charge in [-0.15, -0.1) is 0 Å².